The van der Waals surface area contributed by atoms with Crippen LogP contribution in [0.2, 0.25) is 0 Å². The number of carboxylic acid groups (broad SMARTS) is 1. The van der Waals surface area contributed by atoms with Gasteiger partial charge in [0, 0.05) is 30.9 Å². The Balaban J connectivity index is 2.09. The number of ether oxygens (including phenoxy) is 1. The van der Waals surface area contributed by atoms with E-state index in [1.807, 2.05) is 0 Å². The second-order valence-electron chi connectivity index (χ2n) is 5.02. The molecule has 1 aromatic carbocycles. The molecule has 0 atom stereocenters. The van der Waals surface area contributed by atoms with Gasteiger partial charge in [-0.15, -0.1) is 0 Å². The molecule has 0 spiro atoms. The zero-order chi connectivity index (χ0) is 14.6. The van der Waals surface area contributed by atoms with Crippen molar-refractivity contribution in [3.05, 3.63) is 35.1 Å². The number of carboxylic acids is 1. The van der Waals surface area contributed by atoms with Crippen LogP contribution in [0.1, 0.15) is 28.8 Å². The molecule has 1 heterocycles. The smallest absolute Gasteiger partial charge is 0.335 e. The summed E-state index contributed by atoms with van der Waals surface area (Å²) < 4.78 is 18.9. The van der Waals surface area contributed by atoms with Crippen molar-refractivity contribution in [2.75, 3.05) is 19.8 Å². The molecule has 0 aromatic heterocycles. The monoisotopic (exact) mass is 283 g/mol. The number of aromatic carboxylic acids is 1. The Morgan fingerprint density at radius 1 is 1.40 bits per heavy atom. The Kier molecular flexibility index (Phi) is 4.69. The highest BCUT2D eigenvalue weighted by Crippen LogP contribution is 2.21. The number of nitrogens with one attached hydrogen (secondary N) is 1. The van der Waals surface area contributed by atoms with Crippen molar-refractivity contribution in [2.24, 2.45) is 0 Å². The molecule has 0 aliphatic carbocycles. The molecule has 3 N–H and O–H groups in total. The van der Waals surface area contributed by atoms with E-state index in [9.17, 15) is 14.3 Å². The quantitative estimate of drug-likeness (QED) is 0.755. The van der Waals surface area contributed by atoms with Crippen LogP contribution in [0, 0.1) is 5.82 Å². The van der Waals surface area contributed by atoms with Crippen molar-refractivity contribution < 1.29 is 24.1 Å². The lowest BCUT2D eigenvalue weighted by atomic mass is 9.90. The third-order valence-corrected chi connectivity index (χ3v) is 3.70. The molecule has 20 heavy (non-hydrogen) atoms. The first-order valence-electron chi connectivity index (χ1n) is 6.52. The van der Waals surface area contributed by atoms with Crippen molar-refractivity contribution in [1.82, 2.24) is 5.32 Å². The molecule has 5 nitrogen and oxygen atoms in total. The van der Waals surface area contributed by atoms with Gasteiger partial charge < -0.3 is 20.3 Å². The highest BCUT2D eigenvalue weighted by molar-refractivity contribution is 5.87. The molecule has 1 aliphatic heterocycles. The minimum absolute atomic E-state index is 0.0493. The third-order valence-electron chi connectivity index (χ3n) is 3.70. The number of rotatable bonds is 5. The second kappa shape index (κ2) is 6.30. The molecule has 6 heteroatoms. The van der Waals surface area contributed by atoms with Crippen molar-refractivity contribution in [2.45, 2.75) is 24.9 Å². The van der Waals surface area contributed by atoms with Gasteiger partial charge in [0.1, 0.15) is 5.82 Å². The van der Waals surface area contributed by atoms with Crippen molar-refractivity contribution in [3.63, 3.8) is 0 Å². The average molecular weight is 283 g/mol. The summed E-state index contributed by atoms with van der Waals surface area (Å²) in [6.07, 6.45) is 1.29. The molecule has 0 unspecified atom stereocenters. The first kappa shape index (κ1) is 14.9. The van der Waals surface area contributed by atoms with E-state index in [0.717, 1.165) is 6.07 Å². The lowest BCUT2D eigenvalue weighted by Crippen LogP contribution is -2.51. The van der Waals surface area contributed by atoms with Crippen molar-refractivity contribution in [3.8, 4) is 0 Å². The van der Waals surface area contributed by atoms with Crippen LogP contribution in [0.15, 0.2) is 18.2 Å². The van der Waals surface area contributed by atoms with Crippen LogP contribution in [-0.4, -0.2) is 41.5 Å². The molecule has 1 aliphatic rings. The molecular formula is C14H18FNO4. The van der Waals surface area contributed by atoms with Gasteiger partial charge in [-0.25, -0.2) is 9.18 Å². The van der Waals surface area contributed by atoms with Gasteiger partial charge in [0.05, 0.1) is 12.2 Å². The summed E-state index contributed by atoms with van der Waals surface area (Å²) in [5.41, 5.74) is -0.151. The minimum Gasteiger partial charge on any atom is -0.478 e. The summed E-state index contributed by atoms with van der Waals surface area (Å²) >= 11 is 0. The van der Waals surface area contributed by atoms with Gasteiger partial charge >= 0.3 is 5.97 Å². The number of aliphatic hydroxyl groups is 1. The van der Waals surface area contributed by atoms with Crippen LogP contribution in [0.5, 0.6) is 0 Å². The number of halogens is 1. The molecule has 2 rings (SSSR count). The molecule has 1 saturated heterocycles. The highest BCUT2D eigenvalue weighted by atomic mass is 19.1. The van der Waals surface area contributed by atoms with Crippen LogP contribution in [0.3, 0.4) is 0 Å². The number of hydrogen-bond donors (Lipinski definition) is 3. The maximum absolute atomic E-state index is 13.7. The Morgan fingerprint density at radius 3 is 2.70 bits per heavy atom. The Morgan fingerprint density at radius 2 is 2.10 bits per heavy atom. The highest BCUT2D eigenvalue weighted by Gasteiger charge is 2.31. The van der Waals surface area contributed by atoms with E-state index in [4.69, 9.17) is 9.84 Å². The third kappa shape index (κ3) is 3.33. The molecule has 1 fully saturated rings. The summed E-state index contributed by atoms with van der Waals surface area (Å²) in [5, 5.41) is 21.6. The van der Waals surface area contributed by atoms with Crippen LogP contribution >= 0.6 is 0 Å². The fraction of sp³-hybridized carbons (Fsp3) is 0.500. The largest absolute Gasteiger partial charge is 0.478 e. The van der Waals surface area contributed by atoms with Crippen molar-refractivity contribution >= 4 is 5.97 Å². The van der Waals surface area contributed by atoms with Crippen LogP contribution in [0.4, 0.5) is 4.39 Å². The molecule has 0 amide bonds. The van der Waals surface area contributed by atoms with Gasteiger partial charge in [-0.2, -0.15) is 0 Å². The van der Waals surface area contributed by atoms with Crippen LogP contribution < -0.4 is 5.32 Å². The molecule has 110 valence electrons. The molecular weight excluding hydrogens is 265 g/mol. The van der Waals surface area contributed by atoms with Crippen molar-refractivity contribution in [1.29, 1.82) is 0 Å². The Bertz CT molecular complexity index is 486. The van der Waals surface area contributed by atoms with Gasteiger partial charge in [-0.3, -0.25) is 0 Å². The zero-order valence-corrected chi connectivity index (χ0v) is 11.1. The predicted molar refractivity (Wildman–Crippen MR) is 70.1 cm³/mol. The molecule has 0 saturated carbocycles. The van der Waals surface area contributed by atoms with Gasteiger partial charge in [0.25, 0.3) is 0 Å². The van der Waals surface area contributed by atoms with Crippen LogP contribution in [-0.2, 0) is 11.3 Å². The average Bonchev–Trinajstić information content (AvgIpc) is 2.47. The van der Waals surface area contributed by atoms with Gasteiger partial charge in [0.2, 0.25) is 0 Å². The normalized spacial score (nSPS) is 17.9. The first-order valence-corrected chi connectivity index (χ1v) is 6.52. The first-order chi connectivity index (χ1) is 9.56. The van der Waals surface area contributed by atoms with Crippen LogP contribution in [0.25, 0.3) is 0 Å². The van der Waals surface area contributed by atoms with E-state index in [1.165, 1.54) is 12.1 Å². The lowest BCUT2D eigenvalue weighted by molar-refractivity contribution is 0.0110. The summed E-state index contributed by atoms with van der Waals surface area (Å²) in [7, 11) is 0. The van der Waals surface area contributed by atoms with E-state index in [2.05, 4.69) is 5.32 Å². The summed E-state index contributed by atoms with van der Waals surface area (Å²) in [6, 6.07) is 3.70. The second-order valence-corrected chi connectivity index (χ2v) is 5.02. The Labute approximate surface area is 116 Å². The minimum atomic E-state index is -1.09. The zero-order valence-electron chi connectivity index (χ0n) is 11.1. The fourth-order valence-corrected chi connectivity index (χ4v) is 2.28. The maximum atomic E-state index is 13.7. The fourth-order valence-electron chi connectivity index (χ4n) is 2.28. The molecule has 0 radical (unpaired) electrons. The van der Waals surface area contributed by atoms with E-state index in [-0.39, 0.29) is 24.3 Å². The molecule has 1 aromatic rings. The standard InChI is InChI=1S/C14H18FNO4/c15-12-2-1-10(13(18)19)7-11(12)8-16-14(9-17)3-5-20-6-4-14/h1-2,7,16-17H,3-6,8-9H2,(H,18,19). The lowest BCUT2D eigenvalue weighted by Gasteiger charge is -2.36. The summed E-state index contributed by atoms with van der Waals surface area (Å²) in [5.74, 6) is -1.54. The molecule has 0 bridgehead atoms. The topological polar surface area (TPSA) is 78.8 Å². The van der Waals surface area contributed by atoms with E-state index < -0.39 is 17.3 Å². The van der Waals surface area contributed by atoms with Gasteiger partial charge in [-0.05, 0) is 31.0 Å². The van der Waals surface area contributed by atoms with Gasteiger partial charge in [0.15, 0.2) is 0 Å². The summed E-state index contributed by atoms with van der Waals surface area (Å²) in [6.45, 7) is 1.21. The van der Waals surface area contributed by atoms with E-state index in [1.54, 1.807) is 0 Å². The number of benzene rings is 1. The SMILES string of the molecule is O=C(O)c1ccc(F)c(CNC2(CO)CCOCC2)c1. The van der Waals surface area contributed by atoms with E-state index >= 15 is 0 Å². The number of hydrogen-bond acceptors (Lipinski definition) is 4. The maximum Gasteiger partial charge on any atom is 0.335 e. The summed E-state index contributed by atoms with van der Waals surface area (Å²) in [4.78, 5) is 10.9. The van der Waals surface area contributed by atoms with E-state index in [0.29, 0.717) is 26.1 Å². The predicted octanol–water partition coefficient (Wildman–Crippen LogP) is 1.16. The Hall–Kier alpha value is -1.50. The number of carbonyl (C=O) groups is 1. The number of aliphatic hydroxyl groups excluding tert-OH is 1. The van der Waals surface area contributed by atoms with Gasteiger partial charge in [-0.1, -0.05) is 0 Å².